The average molecular weight is 1150 g/mol. The van der Waals surface area contributed by atoms with E-state index in [1.54, 1.807) is 0 Å². The molecule has 2 heterocycles. The van der Waals surface area contributed by atoms with Crippen LogP contribution in [0.4, 0.5) is 17.1 Å². The fourth-order valence-electron chi connectivity index (χ4n) is 14.1. The van der Waals surface area contributed by atoms with E-state index in [0.717, 1.165) is 44.7 Å². The summed E-state index contributed by atoms with van der Waals surface area (Å²) >= 11 is 8.35. The molecule has 14 aromatic rings. The van der Waals surface area contributed by atoms with Gasteiger partial charge in [0.25, 0.3) is 0 Å². The van der Waals surface area contributed by atoms with Crippen LogP contribution in [-0.2, 0) is 10.8 Å². The summed E-state index contributed by atoms with van der Waals surface area (Å²) in [5.41, 5.74) is 28.4. The lowest BCUT2D eigenvalue weighted by molar-refractivity contribution is 0.436. The third-order valence-corrected chi connectivity index (χ3v) is 19.3. The number of benzene rings is 14. The first-order valence-corrected chi connectivity index (χ1v) is 30.7. The molecule has 2 spiro atoms. The van der Waals surface area contributed by atoms with Crippen LogP contribution in [0.3, 0.4) is 0 Å². The maximum Gasteiger partial charge on any atom is 0.132 e. The average Bonchev–Trinajstić information content (AvgIpc) is 1.61. The summed E-state index contributed by atoms with van der Waals surface area (Å²) in [6.45, 7) is 0. The molecule has 0 aromatic heterocycles. The first-order chi connectivity index (χ1) is 42.9. The molecule has 0 amide bonds. The number of nitrogen functional groups attached to an aromatic ring is 1. The van der Waals surface area contributed by atoms with E-state index in [4.69, 9.17) is 22.1 Å². The van der Waals surface area contributed by atoms with Crippen LogP contribution in [0.5, 0.6) is 11.5 Å². The highest BCUT2D eigenvalue weighted by Gasteiger charge is 2.52. The quantitative estimate of drug-likeness (QED) is 0.172. The molecule has 0 unspecified atom stereocenters. The zero-order valence-corrected chi connectivity index (χ0v) is 48.9. The van der Waals surface area contributed by atoms with Gasteiger partial charge >= 0.3 is 0 Å². The number of hydrogen-bond acceptors (Lipinski definition) is 4. The Morgan fingerprint density at radius 3 is 1.33 bits per heavy atom. The van der Waals surface area contributed by atoms with E-state index in [2.05, 4.69) is 284 Å². The molecule has 14 aromatic carbocycles. The SMILES string of the molecule is Clc1ccc2c(c1)C1(c3ccccc3O2)c2ccccc2-c2ccccc21.Nc1ccc2ccc(-c3ccccc3)cc2c1.c1ccc(-c2ccc3ccc(Nc4ccc5c(c4)C4(c6ccccc6S5)c5ccccc5-c5ccccc54)cc3c2)cc1. The van der Waals surface area contributed by atoms with E-state index in [1.165, 1.54) is 109 Å². The van der Waals surface area contributed by atoms with Crippen molar-refractivity contribution in [2.24, 2.45) is 0 Å². The predicted molar refractivity (Wildman–Crippen MR) is 363 cm³/mol. The van der Waals surface area contributed by atoms with Crippen LogP contribution >= 0.6 is 23.4 Å². The Balaban J connectivity index is 0.000000118. The molecule has 18 rings (SSSR count). The van der Waals surface area contributed by atoms with Crippen molar-refractivity contribution in [1.82, 2.24) is 0 Å². The number of fused-ring (bicyclic) bond motifs is 20. The lowest BCUT2D eigenvalue weighted by atomic mass is 9.66. The Bertz CT molecular complexity index is 4930. The normalized spacial score (nSPS) is 13.4. The summed E-state index contributed by atoms with van der Waals surface area (Å²) < 4.78 is 6.29. The molecule has 0 saturated heterocycles. The standard InChI is InChI=1S/C41H27NS.C25H15ClO.C16H13N/c1-2-10-27(11-3-1)29-19-18-28-20-21-31(25-30(28)24-29)42-32-22-23-40-38(26-32)41(37-16-8-9-17-39(37)43-40)35-14-6-4-12-33(35)34-13-5-7-15-36(34)41;26-16-13-14-24-22(15-16)25(21-11-5-6-12-23(21)27-24)19-9-3-1-7-17(19)18-8-2-4-10-20(18)25;17-16-9-8-13-6-7-14(10-15(13)11-16)12-4-2-1-3-5-12/h1-26,42H;1-15H;1-11H,17H2. The second-order valence-electron chi connectivity index (χ2n) is 22.7. The van der Waals surface area contributed by atoms with Crippen LogP contribution in [-0.4, -0.2) is 0 Å². The number of anilines is 3. The zero-order chi connectivity index (χ0) is 58.1. The van der Waals surface area contributed by atoms with Crippen LogP contribution in [0.15, 0.2) is 325 Å². The highest BCUT2D eigenvalue weighted by atomic mass is 35.5. The van der Waals surface area contributed by atoms with Gasteiger partial charge in [-0.15, -0.1) is 0 Å². The van der Waals surface area contributed by atoms with Crippen LogP contribution in [0.25, 0.3) is 66.1 Å². The lowest BCUT2D eigenvalue weighted by Gasteiger charge is -2.40. The van der Waals surface area contributed by atoms with Gasteiger partial charge in [-0.1, -0.05) is 254 Å². The molecule has 0 fully saturated rings. The Kier molecular flexibility index (Phi) is 12.8. The van der Waals surface area contributed by atoms with Gasteiger partial charge in [-0.05, 0) is 184 Å². The highest BCUT2D eigenvalue weighted by molar-refractivity contribution is 7.99. The fraction of sp³-hybridized carbons (Fsp3) is 0.0244. The van der Waals surface area contributed by atoms with E-state index in [1.807, 2.05) is 48.2 Å². The highest BCUT2D eigenvalue weighted by Crippen LogP contribution is 2.64. The smallest absolute Gasteiger partial charge is 0.132 e. The number of halogens is 1. The first kappa shape index (κ1) is 52.2. The van der Waals surface area contributed by atoms with E-state index in [9.17, 15) is 0 Å². The van der Waals surface area contributed by atoms with Crippen LogP contribution in [0.2, 0.25) is 5.02 Å². The van der Waals surface area contributed by atoms with E-state index in [0.29, 0.717) is 0 Å². The number of nitrogens with one attached hydrogen (secondary N) is 1. The van der Waals surface area contributed by atoms with Crippen molar-refractivity contribution in [1.29, 1.82) is 0 Å². The van der Waals surface area contributed by atoms with Gasteiger partial charge in [0.2, 0.25) is 0 Å². The molecule has 87 heavy (non-hydrogen) atoms. The molecule has 0 atom stereocenters. The molecule has 3 nitrogen and oxygen atoms in total. The molecule has 0 saturated carbocycles. The van der Waals surface area contributed by atoms with Crippen molar-refractivity contribution in [3.05, 3.63) is 365 Å². The minimum absolute atomic E-state index is 0.365. The van der Waals surface area contributed by atoms with Crippen molar-refractivity contribution < 1.29 is 4.74 Å². The summed E-state index contributed by atoms with van der Waals surface area (Å²) in [4.78, 5) is 2.63. The van der Waals surface area contributed by atoms with Crippen molar-refractivity contribution in [3.8, 4) is 56.0 Å². The molecular formula is C82H55ClN2OS. The molecular weight excluding hydrogens is 1100 g/mol. The number of hydrogen-bond donors (Lipinski definition) is 2. The minimum Gasteiger partial charge on any atom is -0.457 e. The zero-order valence-electron chi connectivity index (χ0n) is 47.3. The molecule has 4 aliphatic rings. The van der Waals surface area contributed by atoms with Gasteiger partial charge in [0, 0.05) is 43.0 Å². The maximum atomic E-state index is 6.46. The third-order valence-electron chi connectivity index (χ3n) is 17.9. The van der Waals surface area contributed by atoms with E-state index < -0.39 is 5.41 Å². The molecule has 0 bridgehead atoms. The molecule has 2 aliphatic heterocycles. The second-order valence-corrected chi connectivity index (χ2v) is 24.2. The van der Waals surface area contributed by atoms with Crippen LogP contribution in [0.1, 0.15) is 44.5 Å². The maximum absolute atomic E-state index is 6.46. The third kappa shape index (κ3) is 8.66. The van der Waals surface area contributed by atoms with Crippen molar-refractivity contribution >= 4 is 62.0 Å². The predicted octanol–water partition coefficient (Wildman–Crippen LogP) is 22.0. The number of ether oxygens (including phenoxy) is 1. The fourth-order valence-corrected chi connectivity index (χ4v) is 15.5. The van der Waals surface area contributed by atoms with E-state index >= 15 is 0 Å². The van der Waals surface area contributed by atoms with Gasteiger partial charge in [0.15, 0.2) is 0 Å². The van der Waals surface area contributed by atoms with Gasteiger partial charge in [-0.2, -0.15) is 0 Å². The van der Waals surface area contributed by atoms with Gasteiger partial charge in [-0.3, -0.25) is 0 Å². The Hall–Kier alpha value is -10.4. The summed E-state index contributed by atoms with van der Waals surface area (Å²) in [6, 6.07) is 112. The Labute approximate surface area is 516 Å². The lowest BCUT2D eigenvalue weighted by Crippen LogP contribution is -2.32. The van der Waals surface area contributed by atoms with Gasteiger partial charge in [0.05, 0.1) is 10.8 Å². The van der Waals surface area contributed by atoms with Gasteiger partial charge < -0.3 is 15.8 Å². The molecule has 3 N–H and O–H groups in total. The number of nitrogens with two attached hydrogens (primary N) is 1. The monoisotopic (exact) mass is 1150 g/mol. The molecule has 412 valence electrons. The topological polar surface area (TPSA) is 47.3 Å². The van der Waals surface area contributed by atoms with Gasteiger partial charge in [-0.25, -0.2) is 0 Å². The van der Waals surface area contributed by atoms with Crippen LogP contribution in [0, 0.1) is 0 Å². The summed E-state index contributed by atoms with van der Waals surface area (Å²) in [5.74, 6) is 1.77. The Morgan fingerprint density at radius 2 is 0.736 bits per heavy atom. The van der Waals surface area contributed by atoms with Crippen molar-refractivity contribution in [2.75, 3.05) is 11.1 Å². The summed E-state index contributed by atoms with van der Waals surface area (Å²) in [6.07, 6.45) is 0. The molecule has 0 radical (unpaired) electrons. The van der Waals surface area contributed by atoms with Crippen molar-refractivity contribution in [3.63, 3.8) is 0 Å². The van der Waals surface area contributed by atoms with Crippen LogP contribution < -0.4 is 15.8 Å². The van der Waals surface area contributed by atoms with Crippen molar-refractivity contribution in [2.45, 2.75) is 20.6 Å². The molecule has 2 aliphatic carbocycles. The minimum atomic E-state index is -0.414. The Morgan fingerprint density at radius 1 is 0.299 bits per heavy atom. The van der Waals surface area contributed by atoms with Gasteiger partial charge in [0.1, 0.15) is 11.5 Å². The number of rotatable bonds is 4. The molecule has 5 heteroatoms. The second kappa shape index (κ2) is 21.3. The number of para-hydroxylation sites is 1. The summed E-state index contributed by atoms with van der Waals surface area (Å²) in [7, 11) is 0. The van der Waals surface area contributed by atoms with E-state index in [-0.39, 0.29) is 5.41 Å². The first-order valence-electron chi connectivity index (χ1n) is 29.5. The largest absolute Gasteiger partial charge is 0.457 e. The summed E-state index contributed by atoms with van der Waals surface area (Å²) in [5, 5.41) is 9.37.